The van der Waals surface area contributed by atoms with Crippen molar-refractivity contribution in [3.8, 4) is 0 Å². The van der Waals surface area contributed by atoms with Gasteiger partial charge in [0.05, 0.1) is 0 Å². The predicted octanol–water partition coefficient (Wildman–Crippen LogP) is 2.68. The van der Waals surface area contributed by atoms with Gasteiger partial charge in [-0.2, -0.15) is 0 Å². The summed E-state index contributed by atoms with van der Waals surface area (Å²) < 4.78 is 5.48. The van der Waals surface area contributed by atoms with Crippen LogP contribution in [0, 0.1) is 6.92 Å². The van der Waals surface area contributed by atoms with Crippen LogP contribution in [0.1, 0.15) is 25.3 Å². The number of aromatic nitrogens is 1. The first-order valence-electron chi connectivity index (χ1n) is 5.73. The molecule has 0 spiro atoms. The fraction of sp³-hybridized carbons (Fsp3) is 0.385. The van der Waals surface area contributed by atoms with Crippen molar-refractivity contribution in [3.63, 3.8) is 0 Å². The number of carbonyl (C=O) groups is 1. The molecule has 1 heterocycles. The molecular weight excluding hydrogens is 232 g/mol. The molecule has 2 rings (SSSR count). The van der Waals surface area contributed by atoms with Crippen LogP contribution in [0.5, 0.6) is 0 Å². The minimum atomic E-state index is -1.01. The number of aryl methyl sites for hydroxylation is 1. The van der Waals surface area contributed by atoms with Crippen LogP contribution in [-0.2, 0) is 5.41 Å². The summed E-state index contributed by atoms with van der Waals surface area (Å²) in [6.07, 6.45) is -1.01. The van der Waals surface area contributed by atoms with Crippen molar-refractivity contribution in [1.82, 2.24) is 10.3 Å². The van der Waals surface area contributed by atoms with Gasteiger partial charge in [-0.15, -0.1) is 0 Å². The summed E-state index contributed by atoms with van der Waals surface area (Å²) in [5.74, 6) is 0.628. The number of nitrogens with zero attached hydrogens (tertiary/aromatic N) is 1. The zero-order chi connectivity index (χ0) is 13.3. The summed E-state index contributed by atoms with van der Waals surface area (Å²) in [6, 6.07) is 5.76. The molecule has 18 heavy (non-hydrogen) atoms. The van der Waals surface area contributed by atoms with E-state index in [0.717, 1.165) is 16.7 Å². The minimum Gasteiger partial charge on any atom is -0.465 e. The summed E-state index contributed by atoms with van der Waals surface area (Å²) >= 11 is 0. The first-order chi connectivity index (χ1) is 8.38. The molecule has 0 aliphatic rings. The maximum Gasteiger partial charge on any atom is 0.404 e. The first-order valence-corrected chi connectivity index (χ1v) is 5.73. The zero-order valence-corrected chi connectivity index (χ0v) is 10.7. The number of nitrogens with one attached hydrogen (secondary N) is 1. The second-order valence-corrected chi connectivity index (χ2v) is 4.96. The molecule has 0 atom stereocenters. The number of amides is 1. The molecule has 96 valence electrons. The van der Waals surface area contributed by atoms with Gasteiger partial charge >= 0.3 is 6.09 Å². The monoisotopic (exact) mass is 248 g/mol. The van der Waals surface area contributed by atoms with Crippen molar-refractivity contribution in [2.24, 2.45) is 0 Å². The molecule has 0 aliphatic carbocycles. The van der Waals surface area contributed by atoms with Crippen LogP contribution in [0.15, 0.2) is 22.6 Å². The van der Waals surface area contributed by atoms with E-state index in [1.54, 1.807) is 6.92 Å². The molecule has 2 aromatic rings. The topological polar surface area (TPSA) is 75.4 Å². The fourth-order valence-electron chi connectivity index (χ4n) is 1.86. The minimum absolute atomic E-state index is 0.298. The molecule has 5 heteroatoms. The highest BCUT2D eigenvalue weighted by molar-refractivity contribution is 5.73. The van der Waals surface area contributed by atoms with Crippen LogP contribution in [0.2, 0.25) is 0 Å². The largest absolute Gasteiger partial charge is 0.465 e. The van der Waals surface area contributed by atoms with Crippen LogP contribution in [-0.4, -0.2) is 22.7 Å². The molecule has 0 aliphatic heterocycles. The van der Waals surface area contributed by atoms with Gasteiger partial charge < -0.3 is 14.8 Å². The Balaban J connectivity index is 2.31. The van der Waals surface area contributed by atoms with E-state index in [-0.39, 0.29) is 5.41 Å². The van der Waals surface area contributed by atoms with Crippen LogP contribution >= 0.6 is 0 Å². The lowest BCUT2D eigenvalue weighted by atomic mass is 9.84. The highest BCUT2D eigenvalue weighted by atomic mass is 16.4. The lowest BCUT2D eigenvalue weighted by Crippen LogP contribution is -2.35. The van der Waals surface area contributed by atoms with Crippen molar-refractivity contribution in [3.05, 3.63) is 29.7 Å². The number of hydrogen-bond acceptors (Lipinski definition) is 3. The van der Waals surface area contributed by atoms with Gasteiger partial charge in [-0.05, 0) is 17.7 Å². The molecule has 0 saturated heterocycles. The van der Waals surface area contributed by atoms with E-state index in [1.165, 1.54) is 0 Å². The SMILES string of the molecule is Cc1nc2ccc(C(C)(C)CNC(=O)O)cc2o1. The Labute approximate surface area is 105 Å². The van der Waals surface area contributed by atoms with Crippen LogP contribution in [0.3, 0.4) is 0 Å². The number of rotatable bonds is 3. The average Bonchev–Trinajstić information content (AvgIpc) is 2.65. The number of oxazole rings is 1. The van der Waals surface area contributed by atoms with E-state index in [4.69, 9.17) is 9.52 Å². The number of carboxylic acid groups (broad SMARTS) is 1. The van der Waals surface area contributed by atoms with Gasteiger partial charge in [-0.3, -0.25) is 0 Å². The molecule has 5 nitrogen and oxygen atoms in total. The quantitative estimate of drug-likeness (QED) is 0.875. The molecule has 0 radical (unpaired) electrons. The third-order valence-electron chi connectivity index (χ3n) is 2.96. The third-order valence-corrected chi connectivity index (χ3v) is 2.96. The normalized spacial score (nSPS) is 11.7. The van der Waals surface area contributed by atoms with Crippen LogP contribution in [0.4, 0.5) is 4.79 Å². The average molecular weight is 248 g/mol. The highest BCUT2D eigenvalue weighted by Crippen LogP contribution is 2.26. The Hall–Kier alpha value is -2.04. The van der Waals surface area contributed by atoms with E-state index in [9.17, 15) is 4.79 Å². The second-order valence-electron chi connectivity index (χ2n) is 4.96. The maximum absolute atomic E-state index is 10.6. The molecule has 1 aromatic heterocycles. The van der Waals surface area contributed by atoms with Gasteiger partial charge in [0.25, 0.3) is 0 Å². The van der Waals surface area contributed by atoms with Gasteiger partial charge in [0, 0.05) is 18.9 Å². The van der Waals surface area contributed by atoms with Crippen molar-refractivity contribution < 1.29 is 14.3 Å². The Morgan fingerprint density at radius 1 is 1.50 bits per heavy atom. The number of benzene rings is 1. The zero-order valence-electron chi connectivity index (χ0n) is 10.7. The molecule has 1 aromatic carbocycles. The van der Waals surface area contributed by atoms with E-state index >= 15 is 0 Å². The third kappa shape index (κ3) is 2.45. The van der Waals surface area contributed by atoms with Crippen molar-refractivity contribution in [2.45, 2.75) is 26.2 Å². The van der Waals surface area contributed by atoms with Gasteiger partial charge in [-0.25, -0.2) is 9.78 Å². The van der Waals surface area contributed by atoms with Crippen LogP contribution < -0.4 is 5.32 Å². The summed E-state index contributed by atoms with van der Waals surface area (Å²) in [7, 11) is 0. The van der Waals surface area contributed by atoms with Crippen molar-refractivity contribution in [2.75, 3.05) is 6.54 Å². The van der Waals surface area contributed by atoms with E-state index in [1.807, 2.05) is 32.0 Å². The number of hydrogen-bond donors (Lipinski definition) is 2. The lowest BCUT2D eigenvalue weighted by Gasteiger charge is -2.24. The molecule has 0 unspecified atom stereocenters. The smallest absolute Gasteiger partial charge is 0.404 e. The van der Waals surface area contributed by atoms with E-state index < -0.39 is 6.09 Å². The van der Waals surface area contributed by atoms with Gasteiger partial charge in [0.15, 0.2) is 11.5 Å². The second kappa shape index (κ2) is 4.33. The van der Waals surface area contributed by atoms with Gasteiger partial charge in [-0.1, -0.05) is 19.9 Å². The molecular formula is C13H16N2O3. The summed E-state index contributed by atoms with van der Waals surface area (Å²) in [5.41, 5.74) is 2.26. The lowest BCUT2D eigenvalue weighted by molar-refractivity contribution is 0.192. The molecule has 0 saturated carbocycles. The Morgan fingerprint density at radius 2 is 2.22 bits per heavy atom. The fourth-order valence-corrected chi connectivity index (χ4v) is 1.86. The summed E-state index contributed by atoms with van der Waals surface area (Å²) in [4.78, 5) is 14.8. The molecule has 1 amide bonds. The van der Waals surface area contributed by atoms with E-state index in [0.29, 0.717) is 12.4 Å². The maximum atomic E-state index is 10.6. The van der Waals surface area contributed by atoms with Crippen molar-refractivity contribution in [1.29, 1.82) is 0 Å². The standard InChI is InChI=1S/C13H16N2O3/c1-8-15-10-5-4-9(6-11(10)18-8)13(2,3)7-14-12(16)17/h4-6,14H,7H2,1-3H3,(H,16,17). The first kappa shape index (κ1) is 12.4. The summed E-state index contributed by atoms with van der Waals surface area (Å²) in [5, 5.41) is 11.1. The molecule has 2 N–H and O–H groups in total. The summed E-state index contributed by atoms with van der Waals surface area (Å²) in [6.45, 7) is 6.11. The predicted molar refractivity (Wildman–Crippen MR) is 67.8 cm³/mol. The Bertz CT molecular complexity index is 587. The van der Waals surface area contributed by atoms with Crippen LogP contribution in [0.25, 0.3) is 11.1 Å². The van der Waals surface area contributed by atoms with Gasteiger partial charge in [0.1, 0.15) is 5.52 Å². The molecule has 0 fully saturated rings. The highest BCUT2D eigenvalue weighted by Gasteiger charge is 2.22. The van der Waals surface area contributed by atoms with E-state index in [2.05, 4.69) is 10.3 Å². The van der Waals surface area contributed by atoms with Crippen molar-refractivity contribution >= 4 is 17.2 Å². The Morgan fingerprint density at radius 3 is 2.89 bits per heavy atom. The van der Waals surface area contributed by atoms with Gasteiger partial charge in [0.2, 0.25) is 0 Å². The Kier molecular flexibility index (Phi) is 2.98. The number of fused-ring (bicyclic) bond motifs is 1. The molecule has 0 bridgehead atoms.